The normalized spacial score (nSPS) is 22.6. The average Bonchev–Trinajstić information content (AvgIpc) is 3.36. The van der Waals surface area contributed by atoms with Crippen LogP contribution in [0.1, 0.15) is 18.1 Å². The molecule has 0 spiro atoms. The molecule has 0 amide bonds. The lowest BCUT2D eigenvalue weighted by Crippen LogP contribution is -2.50. The number of guanidine groups is 1. The van der Waals surface area contributed by atoms with Crippen LogP contribution in [0.15, 0.2) is 52.2 Å². The highest BCUT2D eigenvalue weighted by atomic mass is 127. The summed E-state index contributed by atoms with van der Waals surface area (Å²) in [5, 5.41) is 7.74. The van der Waals surface area contributed by atoms with Gasteiger partial charge in [0.05, 0.1) is 25.3 Å². The first-order valence-corrected chi connectivity index (χ1v) is 10.7. The van der Waals surface area contributed by atoms with Crippen molar-refractivity contribution in [2.45, 2.75) is 32.2 Å². The number of nitrogens with zero attached hydrogens (tertiary/aromatic N) is 3. The van der Waals surface area contributed by atoms with E-state index in [0.717, 1.165) is 51.8 Å². The molecule has 2 aliphatic rings. The second-order valence-electron chi connectivity index (χ2n) is 7.14. The van der Waals surface area contributed by atoms with E-state index < -0.39 is 0 Å². The van der Waals surface area contributed by atoms with Crippen molar-refractivity contribution in [3.8, 4) is 0 Å². The van der Waals surface area contributed by atoms with E-state index in [9.17, 15) is 0 Å². The fourth-order valence-electron chi connectivity index (χ4n) is 3.92. The van der Waals surface area contributed by atoms with Crippen LogP contribution in [0.25, 0.3) is 0 Å². The van der Waals surface area contributed by atoms with Crippen molar-refractivity contribution in [2.75, 3.05) is 32.8 Å². The van der Waals surface area contributed by atoms with E-state index in [1.54, 1.807) is 11.3 Å². The minimum atomic E-state index is 0. The second-order valence-corrected chi connectivity index (χ2v) is 7.92. The molecule has 2 unspecified atom stereocenters. The van der Waals surface area contributed by atoms with E-state index >= 15 is 0 Å². The lowest BCUT2D eigenvalue weighted by molar-refractivity contribution is -0.0502. The summed E-state index contributed by atoms with van der Waals surface area (Å²) < 4.78 is 6.11. The summed E-state index contributed by atoms with van der Waals surface area (Å²) in [5.74, 6) is 1.00. The maximum atomic E-state index is 6.11. The predicted octanol–water partition coefficient (Wildman–Crippen LogP) is 3.42. The summed E-state index contributed by atoms with van der Waals surface area (Å²) in [5.41, 5.74) is 2.64. The summed E-state index contributed by atoms with van der Waals surface area (Å²) in [4.78, 5) is 9.81. The number of fused-ring (bicyclic) bond motifs is 1. The minimum Gasteiger partial charge on any atom is -0.373 e. The zero-order valence-electron chi connectivity index (χ0n) is 16.3. The zero-order valence-corrected chi connectivity index (χ0v) is 19.4. The number of rotatable bonds is 5. The fraction of sp³-hybridized carbons (Fsp3) is 0.476. The Hall–Kier alpha value is -1.16. The Morgan fingerprint density at radius 1 is 1.21 bits per heavy atom. The van der Waals surface area contributed by atoms with Gasteiger partial charge in [-0.15, -0.1) is 24.0 Å². The first kappa shape index (κ1) is 21.5. The SMILES string of the molecule is CCNC(=NCc1ccsc1)N1CC2OCCN(Cc3ccccc3)C2C1.I. The lowest BCUT2D eigenvalue weighted by atomic mass is 10.1. The van der Waals surface area contributed by atoms with E-state index in [-0.39, 0.29) is 30.1 Å². The number of hydrogen-bond donors (Lipinski definition) is 1. The zero-order chi connectivity index (χ0) is 18.5. The molecular formula is C21H29IN4OS. The monoisotopic (exact) mass is 512 g/mol. The molecule has 5 nitrogen and oxygen atoms in total. The largest absolute Gasteiger partial charge is 0.373 e. The number of benzene rings is 1. The summed E-state index contributed by atoms with van der Waals surface area (Å²) in [6, 6.07) is 13.3. The third-order valence-electron chi connectivity index (χ3n) is 5.27. The van der Waals surface area contributed by atoms with Crippen LogP contribution < -0.4 is 5.32 Å². The molecule has 2 saturated heterocycles. The van der Waals surface area contributed by atoms with Gasteiger partial charge in [0, 0.05) is 32.7 Å². The highest BCUT2D eigenvalue weighted by molar-refractivity contribution is 14.0. The number of likely N-dealkylation sites (tertiary alicyclic amines) is 1. The molecular weight excluding hydrogens is 483 g/mol. The number of thiophene rings is 1. The molecule has 2 fully saturated rings. The average molecular weight is 512 g/mol. The van der Waals surface area contributed by atoms with Crippen LogP contribution >= 0.6 is 35.3 Å². The van der Waals surface area contributed by atoms with Crippen molar-refractivity contribution in [2.24, 2.45) is 4.99 Å². The summed E-state index contributed by atoms with van der Waals surface area (Å²) >= 11 is 1.72. The van der Waals surface area contributed by atoms with Gasteiger partial charge in [-0.05, 0) is 34.9 Å². The van der Waals surface area contributed by atoms with Gasteiger partial charge in [-0.3, -0.25) is 4.90 Å². The summed E-state index contributed by atoms with van der Waals surface area (Å²) in [6.45, 7) is 8.40. The van der Waals surface area contributed by atoms with Gasteiger partial charge in [-0.2, -0.15) is 11.3 Å². The quantitative estimate of drug-likeness (QED) is 0.379. The lowest BCUT2D eigenvalue weighted by Gasteiger charge is -2.36. The smallest absolute Gasteiger partial charge is 0.194 e. The molecule has 2 aliphatic heterocycles. The van der Waals surface area contributed by atoms with Gasteiger partial charge >= 0.3 is 0 Å². The third-order valence-corrected chi connectivity index (χ3v) is 6.00. The molecule has 0 saturated carbocycles. The molecule has 1 aromatic heterocycles. The number of ether oxygens (including phenoxy) is 1. The van der Waals surface area contributed by atoms with Gasteiger partial charge in [0.2, 0.25) is 0 Å². The maximum absolute atomic E-state index is 6.11. The fourth-order valence-corrected chi connectivity index (χ4v) is 4.58. The summed E-state index contributed by atoms with van der Waals surface area (Å²) in [6.07, 6.45) is 0.257. The van der Waals surface area contributed by atoms with E-state index in [0.29, 0.717) is 6.04 Å². The van der Waals surface area contributed by atoms with Gasteiger partial charge in [0.1, 0.15) is 0 Å². The Bertz CT molecular complexity index is 740. The van der Waals surface area contributed by atoms with E-state index in [4.69, 9.17) is 9.73 Å². The molecule has 1 aromatic carbocycles. The standard InChI is InChI=1S/C21H28N4OS.HI/c1-2-22-21(23-12-18-8-11-27-16-18)25-14-19-20(15-25)26-10-9-24(19)13-17-6-4-3-5-7-17;/h3-8,11,16,19-20H,2,9-10,12-15H2,1H3,(H,22,23);1H. The Morgan fingerprint density at radius 2 is 2.07 bits per heavy atom. The number of morpholine rings is 1. The molecule has 152 valence electrons. The third kappa shape index (κ3) is 5.25. The highest BCUT2D eigenvalue weighted by Crippen LogP contribution is 2.25. The van der Waals surface area contributed by atoms with Gasteiger partial charge in [-0.25, -0.2) is 4.99 Å². The summed E-state index contributed by atoms with van der Waals surface area (Å²) in [7, 11) is 0. The van der Waals surface area contributed by atoms with Crippen LogP contribution in [-0.4, -0.2) is 60.7 Å². The van der Waals surface area contributed by atoms with Crippen molar-refractivity contribution in [3.63, 3.8) is 0 Å². The highest BCUT2D eigenvalue weighted by Gasteiger charge is 2.41. The van der Waals surface area contributed by atoms with E-state index in [1.165, 1.54) is 11.1 Å². The van der Waals surface area contributed by atoms with Crippen molar-refractivity contribution < 1.29 is 4.74 Å². The molecule has 1 N–H and O–H groups in total. The van der Waals surface area contributed by atoms with Crippen molar-refractivity contribution in [1.82, 2.24) is 15.1 Å². The molecule has 0 aliphatic carbocycles. The van der Waals surface area contributed by atoms with Crippen LogP contribution in [0, 0.1) is 0 Å². The van der Waals surface area contributed by atoms with E-state index in [1.807, 2.05) is 0 Å². The topological polar surface area (TPSA) is 40.1 Å². The van der Waals surface area contributed by atoms with Crippen LogP contribution in [0.4, 0.5) is 0 Å². The van der Waals surface area contributed by atoms with E-state index in [2.05, 4.69) is 69.2 Å². The van der Waals surface area contributed by atoms with Crippen molar-refractivity contribution >= 4 is 41.3 Å². The Balaban J connectivity index is 0.00000225. The Morgan fingerprint density at radius 3 is 2.82 bits per heavy atom. The number of halogens is 1. The van der Waals surface area contributed by atoms with Gasteiger partial charge in [0.25, 0.3) is 0 Å². The molecule has 7 heteroatoms. The maximum Gasteiger partial charge on any atom is 0.194 e. The molecule has 0 radical (unpaired) electrons. The predicted molar refractivity (Wildman–Crippen MR) is 127 cm³/mol. The van der Waals surface area contributed by atoms with Crippen LogP contribution in [0.2, 0.25) is 0 Å². The Labute approximate surface area is 188 Å². The number of aliphatic imine (C=N–C) groups is 1. The first-order valence-electron chi connectivity index (χ1n) is 9.77. The van der Waals surface area contributed by atoms with Crippen LogP contribution in [0.5, 0.6) is 0 Å². The van der Waals surface area contributed by atoms with Crippen LogP contribution in [-0.2, 0) is 17.8 Å². The first-order chi connectivity index (χ1) is 13.3. The molecule has 2 aromatic rings. The molecule has 28 heavy (non-hydrogen) atoms. The second kappa shape index (κ2) is 10.6. The van der Waals surface area contributed by atoms with Gasteiger partial charge < -0.3 is 15.0 Å². The number of nitrogens with one attached hydrogen (secondary N) is 1. The minimum absolute atomic E-state index is 0. The van der Waals surface area contributed by atoms with Gasteiger partial charge in [0.15, 0.2) is 5.96 Å². The molecule has 4 rings (SSSR count). The number of hydrogen-bond acceptors (Lipinski definition) is 4. The molecule has 0 bridgehead atoms. The van der Waals surface area contributed by atoms with Crippen LogP contribution in [0.3, 0.4) is 0 Å². The van der Waals surface area contributed by atoms with Crippen molar-refractivity contribution in [1.29, 1.82) is 0 Å². The molecule has 3 heterocycles. The Kier molecular flexibility index (Phi) is 8.13. The van der Waals surface area contributed by atoms with Crippen molar-refractivity contribution in [3.05, 3.63) is 58.3 Å². The van der Waals surface area contributed by atoms with Gasteiger partial charge in [-0.1, -0.05) is 30.3 Å². The molecule has 2 atom stereocenters.